The third-order valence-corrected chi connectivity index (χ3v) is 5.54. The summed E-state index contributed by atoms with van der Waals surface area (Å²) in [7, 11) is 0. The minimum atomic E-state index is -0.274. The minimum absolute atomic E-state index is 0.274. The second-order valence-electron chi connectivity index (χ2n) is 6.40. The molecule has 2 aromatic carbocycles. The molecular weight excluding hydrogens is 358 g/mol. The molecule has 1 aromatic heterocycles. The van der Waals surface area contributed by atoms with Gasteiger partial charge in [0.2, 0.25) is 0 Å². The standard InChI is InChI=1S/C21H19N3O2S/c1-12-10-16(14(3)26-12)21(25)24-23-13(2)15-8-9-20-18(11-15)22-17-6-4-5-7-19(17)27-20/h4-11,22H,1-3H3,(H,24,25)/b23-13-. The summed E-state index contributed by atoms with van der Waals surface area (Å²) in [5, 5.41) is 7.72. The molecule has 1 amide bonds. The summed E-state index contributed by atoms with van der Waals surface area (Å²) in [6.07, 6.45) is 0. The van der Waals surface area contributed by atoms with Crippen molar-refractivity contribution >= 4 is 34.8 Å². The average molecular weight is 377 g/mol. The molecule has 0 radical (unpaired) electrons. The summed E-state index contributed by atoms with van der Waals surface area (Å²) in [6.45, 7) is 5.46. The van der Waals surface area contributed by atoms with E-state index in [4.69, 9.17) is 4.42 Å². The van der Waals surface area contributed by atoms with Gasteiger partial charge in [-0.2, -0.15) is 5.10 Å². The number of para-hydroxylation sites is 1. The summed E-state index contributed by atoms with van der Waals surface area (Å²) >= 11 is 1.74. The fourth-order valence-electron chi connectivity index (χ4n) is 2.98. The molecule has 0 spiro atoms. The normalized spacial score (nSPS) is 12.8. The van der Waals surface area contributed by atoms with Crippen LogP contribution in [0.25, 0.3) is 0 Å². The van der Waals surface area contributed by atoms with Crippen LogP contribution in [0.3, 0.4) is 0 Å². The first-order valence-corrected chi connectivity index (χ1v) is 9.43. The number of amides is 1. The number of benzene rings is 2. The van der Waals surface area contributed by atoms with Gasteiger partial charge in [0.15, 0.2) is 0 Å². The average Bonchev–Trinajstić information content (AvgIpc) is 3.01. The molecule has 0 unspecified atom stereocenters. The van der Waals surface area contributed by atoms with E-state index in [-0.39, 0.29) is 5.91 Å². The van der Waals surface area contributed by atoms with Crippen molar-refractivity contribution in [1.82, 2.24) is 5.43 Å². The van der Waals surface area contributed by atoms with E-state index in [1.807, 2.05) is 32.0 Å². The molecule has 4 rings (SSSR count). The van der Waals surface area contributed by atoms with Gasteiger partial charge < -0.3 is 9.73 Å². The number of nitrogens with one attached hydrogen (secondary N) is 2. The molecule has 0 fully saturated rings. The molecule has 5 nitrogen and oxygen atoms in total. The molecule has 2 heterocycles. The van der Waals surface area contributed by atoms with Crippen LogP contribution in [-0.2, 0) is 0 Å². The first-order valence-electron chi connectivity index (χ1n) is 8.61. The highest BCUT2D eigenvalue weighted by molar-refractivity contribution is 7.99. The van der Waals surface area contributed by atoms with Crippen molar-refractivity contribution in [2.75, 3.05) is 5.32 Å². The van der Waals surface area contributed by atoms with Crippen molar-refractivity contribution in [3.63, 3.8) is 0 Å². The van der Waals surface area contributed by atoms with E-state index in [2.05, 4.69) is 40.1 Å². The SMILES string of the molecule is C/C(=N/NC(=O)c1cc(C)oc1C)c1ccc2c(c1)Nc1ccccc1S2. The summed E-state index contributed by atoms with van der Waals surface area (Å²) in [5.41, 5.74) is 6.93. The number of anilines is 2. The van der Waals surface area contributed by atoms with E-state index < -0.39 is 0 Å². The lowest BCUT2D eigenvalue weighted by Crippen LogP contribution is -2.19. The van der Waals surface area contributed by atoms with E-state index in [0.29, 0.717) is 17.1 Å². The van der Waals surface area contributed by atoms with Crippen LogP contribution >= 0.6 is 11.8 Å². The summed E-state index contributed by atoms with van der Waals surface area (Å²) < 4.78 is 5.40. The molecule has 27 heavy (non-hydrogen) atoms. The van der Waals surface area contributed by atoms with Crippen molar-refractivity contribution in [1.29, 1.82) is 0 Å². The topological polar surface area (TPSA) is 66.6 Å². The third kappa shape index (κ3) is 3.48. The molecule has 0 aliphatic carbocycles. The molecule has 136 valence electrons. The first kappa shape index (κ1) is 17.4. The Morgan fingerprint density at radius 1 is 1.07 bits per heavy atom. The number of rotatable bonds is 3. The number of hydrogen-bond acceptors (Lipinski definition) is 5. The Hall–Kier alpha value is -2.99. The van der Waals surface area contributed by atoms with Gasteiger partial charge >= 0.3 is 0 Å². The molecule has 1 aliphatic heterocycles. The van der Waals surface area contributed by atoms with E-state index in [0.717, 1.165) is 22.6 Å². The highest BCUT2D eigenvalue weighted by Gasteiger charge is 2.16. The Labute approximate surface area is 161 Å². The van der Waals surface area contributed by atoms with Crippen LogP contribution < -0.4 is 10.7 Å². The van der Waals surface area contributed by atoms with Gasteiger partial charge in [-0.3, -0.25) is 4.79 Å². The fourth-order valence-corrected chi connectivity index (χ4v) is 3.95. The lowest BCUT2D eigenvalue weighted by Gasteiger charge is -2.21. The van der Waals surface area contributed by atoms with Gasteiger partial charge in [-0.05, 0) is 56.7 Å². The molecule has 3 aromatic rings. The lowest BCUT2D eigenvalue weighted by molar-refractivity contribution is 0.0953. The van der Waals surface area contributed by atoms with Crippen molar-refractivity contribution in [2.24, 2.45) is 5.10 Å². The second kappa shape index (κ2) is 6.96. The van der Waals surface area contributed by atoms with Crippen molar-refractivity contribution in [2.45, 2.75) is 30.6 Å². The molecular formula is C21H19N3O2S. The number of carbonyl (C=O) groups excluding carboxylic acids is 1. The summed E-state index contributed by atoms with van der Waals surface area (Å²) in [5.74, 6) is 1.02. The smallest absolute Gasteiger partial charge is 0.274 e. The van der Waals surface area contributed by atoms with Crippen LogP contribution in [0.15, 0.2) is 67.8 Å². The Morgan fingerprint density at radius 3 is 2.63 bits per heavy atom. The highest BCUT2D eigenvalue weighted by atomic mass is 32.2. The van der Waals surface area contributed by atoms with Crippen molar-refractivity contribution in [3.05, 3.63) is 71.2 Å². The van der Waals surface area contributed by atoms with Crippen LogP contribution in [-0.4, -0.2) is 11.6 Å². The lowest BCUT2D eigenvalue weighted by atomic mass is 10.1. The van der Waals surface area contributed by atoms with Crippen molar-refractivity contribution < 1.29 is 9.21 Å². The van der Waals surface area contributed by atoms with E-state index in [9.17, 15) is 4.79 Å². The second-order valence-corrected chi connectivity index (χ2v) is 7.48. The van der Waals surface area contributed by atoms with E-state index in [1.54, 1.807) is 24.8 Å². The highest BCUT2D eigenvalue weighted by Crippen LogP contribution is 2.44. The van der Waals surface area contributed by atoms with Gasteiger partial charge in [-0.1, -0.05) is 30.0 Å². The number of furan rings is 1. The number of hydrazone groups is 1. The largest absolute Gasteiger partial charge is 0.466 e. The van der Waals surface area contributed by atoms with Gasteiger partial charge in [0, 0.05) is 9.79 Å². The van der Waals surface area contributed by atoms with Crippen LogP contribution in [0.2, 0.25) is 0 Å². The van der Waals surface area contributed by atoms with Gasteiger partial charge in [0.25, 0.3) is 5.91 Å². The first-order chi connectivity index (χ1) is 13.0. The maximum absolute atomic E-state index is 12.3. The zero-order chi connectivity index (χ0) is 19.0. The maximum atomic E-state index is 12.3. The predicted molar refractivity (Wildman–Crippen MR) is 108 cm³/mol. The van der Waals surface area contributed by atoms with E-state index >= 15 is 0 Å². The number of nitrogens with zero attached hydrogens (tertiary/aromatic N) is 1. The zero-order valence-corrected chi connectivity index (χ0v) is 16.1. The van der Waals surface area contributed by atoms with Crippen LogP contribution in [0.5, 0.6) is 0 Å². The van der Waals surface area contributed by atoms with Crippen LogP contribution in [0.1, 0.15) is 34.4 Å². The molecule has 0 saturated heterocycles. The minimum Gasteiger partial charge on any atom is -0.466 e. The van der Waals surface area contributed by atoms with Crippen LogP contribution in [0, 0.1) is 13.8 Å². The summed E-state index contributed by atoms with van der Waals surface area (Å²) in [4.78, 5) is 14.7. The maximum Gasteiger partial charge on any atom is 0.274 e. The Kier molecular flexibility index (Phi) is 4.49. The van der Waals surface area contributed by atoms with Crippen molar-refractivity contribution in [3.8, 4) is 0 Å². The van der Waals surface area contributed by atoms with Gasteiger partial charge in [0.05, 0.1) is 22.6 Å². The zero-order valence-electron chi connectivity index (χ0n) is 15.3. The summed E-state index contributed by atoms with van der Waals surface area (Å²) in [6, 6.07) is 16.1. The molecule has 6 heteroatoms. The number of hydrogen-bond donors (Lipinski definition) is 2. The quantitative estimate of drug-likeness (QED) is 0.378. The molecule has 0 saturated carbocycles. The van der Waals surface area contributed by atoms with Gasteiger partial charge in [-0.25, -0.2) is 5.43 Å². The van der Waals surface area contributed by atoms with Gasteiger partial charge in [-0.15, -0.1) is 0 Å². The predicted octanol–water partition coefficient (Wildman–Crippen LogP) is 5.26. The third-order valence-electron chi connectivity index (χ3n) is 4.38. The monoisotopic (exact) mass is 377 g/mol. The Morgan fingerprint density at radius 2 is 1.85 bits per heavy atom. The molecule has 1 aliphatic rings. The fraction of sp³-hybridized carbons (Fsp3) is 0.143. The molecule has 0 bridgehead atoms. The number of carbonyl (C=O) groups is 1. The molecule has 0 atom stereocenters. The van der Waals surface area contributed by atoms with E-state index in [1.165, 1.54) is 9.79 Å². The Bertz CT molecular complexity index is 1070. The van der Waals surface area contributed by atoms with Crippen LogP contribution in [0.4, 0.5) is 11.4 Å². The van der Waals surface area contributed by atoms with Gasteiger partial charge in [0.1, 0.15) is 11.5 Å². The number of aryl methyl sites for hydroxylation is 2. The number of fused-ring (bicyclic) bond motifs is 2. The molecule has 2 N–H and O–H groups in total. The Balaban J connectivity index is 1.53.